The number of piperidine rings is 2. The molecule has 0 saturated carbocycles. The zero-order chi connectivity index (χ0) is 18.0. The van der Waals surface area contributed by atoms with E-state index in [1.165, 1.54) is 72.7 Å². The maximum atomic E-state index is 2.68. The van der Waals surface area contributed by atoms with Crippen LogP contribution < -0.4 is 0 Å². The van der Waals surface area contributed by atoms with Gasteiger partial charge in [0.15, 0.2) is 0 Å². The first-order valence-corrected chi connectivity index (χ1v) is 11.0. The van der Waals surface area contributed by atoms with Gasteiger partial charge in [0.1, 0.15) is 0 Å². The molecule has 0 radical (unpaired) electrons. The number of thiophene rings is 1. The minimum absolute atomic E-state index is 0.631. The molecule has 0 unspecified atom stereocenters. The molecule has 140 valence electrons. The Morgan fingerprint density at radius 3 is 1.88 bits per heavy atom. The maximum absolute atomic E-state index is 2.68. The van der Waals surface area contributed by atoms with E-state index in [4.69, 9.17) is 0 Å². The topological polar surface area (TPSA) is 6.48 Å². The van der Waals surface area contributed by atoms with Gasteiger partial charge in [0, 0.05) is 22.8 Å². The van der Waals surface area contributed by atoms with Crippen molar-refractivity contribution in [3.8, 4) is 0 Å². The number of hydrogen-bond donors (Lipinski definition) is 0. The van der Waals surface area contributed by atoms with Crippen LogP contribution in [0.15, 0.2) is 36.4 Å². The Balaban J connectivity index is 1.25. The van der Waals surface area contributed by atoms with Crippen LogP contribution in [-0.4, -0.2) is 36.0 Å². The lowest BCUT2D eigenvalue weighted by atomic mass is 9.71. The highest BCUT2D eigenvalue weighted by Gasteiger charge is 2.37. The SMILES string of the molecule is Cc1ccc(CN2CCC3(CC2)CCN(Cc2ccc(C)s2)CC3)cc1. The van der Waals surface area contributed by atoms with Crippen molar-refractivity contribution < 1.29 is 0 Å². The van der Waals surface area contributed by atoms with Gasteiger partial charge in [-0.25, -0.2) is 0 Å². The summed E-state index contributed by atoms with van der Waals surface area (Å²) in [7, 11) is 0. The highest BCUT2D eigenvalue weighted by molar-refractivity contribution is 7.11. The van der Waals surface area contributed by atoms with Crippen LogP contribution in [-0.2, 0) is 13.1 Å². The molecule has 1 aromatic heterocycles. The van der Waals surface area contributed by atoms with Gasteiger partial charge < -0.3 is 0 Å². The van der Waals surface area contributed by atoms with E-state index >= 15 is 0 Å². The van der Waals surface area contributed by atoms with Gasteiger partial charge >= 0.3 is 0 Å². The molecular formula is C23H32N2S. The molecule has 0 atom stereocenters. The third-order valence-corrected chi connectivity index (χ3v) is 7.52. The molecule has 3 heterocycles. The molecule has 0 amide bonds. The first-order chi connectivity index (χ1) is 12.6. The van der Waals surface area contributed by atoms with Crippen LogP contribution in [0, 0.1) is 19.3 Å². The van der Waals surface area contributed by atoms with E-state index in [0.29, 0.717) is 5.41 Å². The molecule has 0 N–H and O–H groups in total. The Labute approximate surface area is 162 Å². The predicted molar refractivity (Wildman–Crippen MR) is 112 cm³/mol. The molecule has 2 saturated heterocycles. The Hall–Kier alpha value is -1.16. The summed E-state index contributed by atoms with van der Waals surface area (Å²) in [5.41, 5.74) is 3.45. The summed E-state index contributed by atoms with van der Waals surface area (Å²) < 4.78 is 0. The molecule has 3 heteroatoms. The lowest BCUT2D eigenvalue weighted by Crippen LogP contribution is -2.46. The largest absolute Gasteiger partial charge is 0.299 e. The van der Waals surface area contributed by atoms with Crippen molar-refractivity contribution in [2.45, 2.75) is 52.6 Å². The van der Waals surface area contributed by atoms with E-state index in [0.717, 1.165) is 13.1 Å². The molecule has 4 rings (SSSR count). The van der Waals surface area contributed by atoms with Crippen LogP contribution in [0.5, 0.6) is 0 Å². The van der Waals surface area contributed by atoms with Crippen molar-refractivity contribution >= 4 is 11.3 Å². The van der Waals surface area contributed by atoms with Crippen molar-refractivity contribution in [3.63, 3.8) is 0 Å². The molecule has 26 heavy (non-hydrogen) atoms. The molecule has 1 aromatic carbocycles. The predicted octanol–water partition coefficient (Wildman–Crippen LogP) is 5.24. The highest BCUT2D eigenvalue weighted by atomic mass is 32.1. The van der Waals surface area contributed by atoms with Gasteiger partial charge in [-0.3, -0.25) is 9.80 Å². The van der Waals surface area contributed by atoms with Gasteiger partial charge in [0.25, 0.3) is 0 Å². The number of likely N-dealkylation sites (tertiary alicyclic amines) is 2. The first-order valence-electron chi connectivity index (χ1n) is 10.2. The summed E-state index contributed by atoms with van der Waals surface area (Å²) in [5.74, 6) is 0. The molecule has 0 aliphatic carbocycles. The third kappa shape index (κ3) is 4.39. The quantitative estimate of drug-likeness (QED) is 0.728. The fourth-order valence-electron chi connectivity index (χ4n) is 4.61. The van der Waals surface area contributed by atoms with E-state index in [-0.39, 0.29) is 0 Å². The molecule has 2 nitrogen and oxygen atoms in total. The zero-order valence-electron chi connectivity index (χ0n) is 16.3. The second kappa shape index (κ2) is 7.84. The van der Waals surface area contributed by atoms with Crippen LogP contribution in [0.4, 0.5) is 0 Å². The zero-order valence-corrected chi connectivity index (χ0v) is 17.2. The summed E-state index contributed by atoms with van der Waals surface area (Å²) in [5, 5.41) is 0. The van der Waals surface area contributed by atoms with Crippen LogP contribution in [0.25, 0.3) is 0 Å². The second-order valence-electron chi connectivity index (χ2n) is 8.55. The summed E-state index contributed by atoms with van der Waals surface area (Å²) in [6.07, 6.45) is 5.58. The second-order valence-corrected chi connectivity index (χ2v) is 9.92. The average molecular weight is 369 g/mol. The Bertz CT molecular complexity index is 700. The summed E-state index contributed by atoms with van der Waals surface area (Å²) >= 11 is 1.96. The number of aryl methyl sites for hydroxylation is 2. The van der Waals surface area contributed by atoms with Crippen LogP contribution in [0.1, 0.15) is 46.6 Å². The highest BCUT2D eigenvalue weighted by Crippen LogP contribution is 2.41. The molecule has 2 aromatic rings. The molecular weight excluding hydrogens is 336 g/mol. The van der Waals surface area contributed by atoms with Crippen molar-refractivity contribution in [1.82, 2.24) is 9.80 Å². The number of rotatable bonds is 4. The molecule has 1 spiro atoms. The lowest BCUT2D eigenvalue weighted by Gasteiger charge is -2.47. The Morgan fingerprint density at radius 1 is 0.769 bits per heavy atom. The van der Waals surface area contributed by atoms with E-state index in [9.17, 15) is 0 Å². The van der Waals surface area contributed by atoms with E-state index in [2.05, 4.69) is 60.0 Å². The summed E-state index contributed by atoms with van der Waals surface area (Å²) in [6, 6.07) is 13.6. The molecule has 2 fully saturated rings. The van der Waals surface area contributed by atoms with Crippen molar-refractivity contribution in [3.05, 3.63) is 57.3 Å². The minimum Gasteiger partial charge on any atom is -0.299 e. The van der Waals surface area contributed by atoms with Gasteiger partial charge in [-0.2, -0.15) is 0 Å². The fourth-order valence-corrected chi connectivity index (χ4v) is 5.55. The number of benzene rings is 1. The average Bonchev–Trinajstić information content (AvgIpc) is 3.06. The Morgan fingerprint density at radius 2 is 1.35 bits per heavy atom. The Kier molecular flexibility index (Phi) is 5.49. The smallest absolute Gasteiger partial charge is 0.0328 e. The summed E-state index contributed by atoms with van der Waals surface area (Å²) in [4.78, 5) is 8.31. The van der Waals surface area contributed by atoms with E-state index < -0.39 is 0 Å². The van der Waals surface area contributed by atoms with Gasteiger partial charge in [-0.1, -0.05) is 29.8 Å². The lowest BCUT2D eigenvalue weighted by molar-refractivity contribution is 0.0303. The minimum atomic E-state index is 0.631. The third-order valence-electron chi connectivity index (χ3n) is 6.54. The fraction of sp³-hybridized carbons (Fsp3) is 0.565. The van der Waals surface area contributed by atoms with Gasteiger partial charge in [0.2, 0.25) is 0 Å². The van der Waals surface area contributed by atoms with Crippen molar-refractivity contribution in [1.29, 1.82) is 0 Å². The van der Waals surface area contributed by atoms with Crippen molar-refractivity contribution in [2.75, 3.05) is 26.2 Å². The van der Waals surface area contributed by atoms with Crippen LogP contribution in [0.2, 0.25) is 0 Å². The number of hydrogen-bond acceptors (Lipinski definition) is 3. The first kappa shape index (κ1) is 18.2. The molecule has 2 aliphatic rings. The summed E-state index contributed by atoms with van der Waals surface area (Å²) in [6.45, 7) is 11.8. The van der Waals surface area contributed by atoms with Crippen LogP contribution in [0.3, 0.4) is 0 Å². The molecule has 2 aliphatic heterocycles. The molecule has 0 bridgehead atoms. The van der Waals surface area contributed by atoms with Crippen LogP contribution >= 0.6 is 11.3 Å². The van der Waals surface area contributed by atoms with E-state index in [1.807, 2.05) is 11.3 Å². The van der Waals surface area contributed by atoms with Gasteiger partial charge in [-0.15, -0.1) is 11.3 Å². The van der Waals surface area contributed by atoms with E-state index in [1.54, 1.807) is 0 Å². The van der Waals surface area contributed by atoms with Crippen molar-refractivity contribution in [2.24, 2.45) is 5.41 Å². The number of nitrogens with zero attached hydrogens (tertiary/aromatic N) is 2. The standard InChI is InChI=1S/C23H32N2S/c1-19-3-6-21(7-4-19)17-24-13-9-23(10-14-24)11-15-25(16-12-23)18-22-8-5-20(2)26-22/h3-8H,9-18H2,1-2H3. The van der Waals surface area contributed by atoms with Gasteiger partial charge in [-0.05, 0) is 88.8 Å². The monoisotopic (exact) mass is 368 g/mol. The normalized spacial score (nSPS) is 21.3. The van der Waals surface area contributed by atoms with Gasteiger partial charge in [0.05, 0.1) is 0 Å². The maximum Gasteiger partial charge on any atom is 0.0328 e.